The maximum absolute atomic E-state index is 13.2. The first-order valence-electron chi connectivity index (χ1n) is 23.7. The lowest BCUT2D eigenvalue weighted by Gasteiger charge is -2.27. The van der Waals surface area contributed by atoms with Crippen LogP contribution in [0.4, 0.5) is 0 Å². The predicted molar refractivity (Wildman–Crippen MR) is 232 cm³/mol. The minimum atomic E-state index is -0.790. The Labute approximate surface area is 381 Å². The van der Waals surface area contributed by atoms with Gasteiger partial charge in [0.1, 0.15) is 18.2 Å². The molecule has 370 valence electrons. The largest absolute Gasteiger partial charge is 0.388 e. The van der Waals surface area contributed by atoms with E-state index in [0.717, 1.165) is 12.8 Å². The number of carbonyl (C=O) groups is 8. The molecule has 0 radical (unpaired) electrons. The summed E-state index contributed by atoms with van der Waals surface area (Å²) in [7, 11) is 0. The zero-order valence-corrected chi connectivity index (χ0v) is 38.0. The first kappa shape index (κ1) is 55.1. The van der Waals surface area contributed by atoms with E-state index in [1.807, 2.05) is 0 Å². The molecule has 0 aromatic rings. The maximum atomic E-state index is 13.2. The van der Waals surface area contributed by atoms with Gasteiger partial charge in [0.05, 0.1) is 13.2 Å². The quantitative estimate of drug-likeness (QED) is 0.0353. The lowest BCUT2D eigenvalue weighted by atomic mass is 10.1. The second-order valence-electron chi connectivity index (χ2n) is 16.6. The number of rotatable bonds is 34. The molecule has 5 unspecified atom stereocenters. The third-order valence-corrected chi connectivity index (χ3v) is 11.0. The number of aliphatic hydroxyl groups is 2. The van der Waals surface area contributed by atoms with Gasteiger partial charge in [-0.3, -0.25) is 33.6 Å². The molecule has 0 spiro atoms. The topological polar surface area (TPSA) is 287 Å². The Kier molecular flexibility index (Phi) is 28.1. The number of carbonyl (C=O) groups excluding carboxylic acids is 8. The highest BCUT2D eigenvalue weighted by Crippen LogP contribution is 2.17. The number of nitrogens with zero attached hydrogens (tertiary/aromatic N) is 1. The van der Waals surface area contributed by atoms with E-state index in [-0.39, 0.29) is 81.3 Å². The summed E-state index contributed by atoms with van der Waals surface area (Å²) in [5.74, 6) is -2.77. The van der Waals surface area contributed by atoms with Crippen LogP contribution in [-0.2, 0) is 62.1 Å². The summed E-state index contributed by atoms with van der Waals surface area (Å²) in [6, 6.07) is -0.790. The van der Waals surface area contributed by atoms with Crippen LogP contribution in [0.1, 0.15) is 148 Å². The third kappa shape index (κ3) is 24.7. The van der Waals surface area contributed by atoms with E-state index in [1.54, 1.807) is 0 Å². The zero-order valence-electron chi connectivity index (χ0n) is 38.0. The number of hydrogen-bond acceptors (Lipinski definition) is 15. The Morgan fingerprint density at radius 2 is 1.02 bits per heavy atom. The molecule has 3 aliphatic rings. The lowest BCUT2D eigenvalue weighted by molar-refractivity contribution is -0.213. The van der Waals surface area contributed by atoms with Gasteiger partial charge in [-0.15, -0.1) is 5.06 Å². The second kappa shape index (κ2) is 33.2. The molecule has 3 saturated heterocycles. The highest BCUT2D eigenvalue weighted by molar-refractivity contribution is 6.01. The number of unbranched alkanes of at least 4 members (excludes halogenated alkanes) is 7. The highest BCUT2D eigenvalue weighted by Gasteiger charge is 2.33. The van der Waals surface area contributed by atoms with Crippen LogP contribution in [0.25, 0.3) is 0 Å². The molecule has 65 heavy (non-hydrogen) atoms. The van der Waals surface area contributed by atoms with Gasteiger partial charge in [0, 0.05) is 84.3 Å². The van der Waals surface area contributed by atoms with Gasteiger partial charge in [0.25, 0.3) is 11.8 Å². The molecule has 0 bridgehead atoms. The van der Waals surface area contributed by atoms with E-state index in [9.17, 15) is 48.6 Å². The van der Waals surface area contributed by atoms with Crippen molar-refractivity contribution in [1.29, 1.82) is 0 Å². The molecule has 7 amide bonds. The molecule has 21 nitrogen and oxygen atoms in total. The monoisotopic (exact) mass is 927 g/mol. The molecule has 21 heteroatoms. The van der Waals surface area contributed by atoms with Gasteiger partial charge in [0.2, 0.25) is 29.5 Å². The van der Waals surface area contributed by atoms with E-state index in [4.69, 9.17) is 23.8 Å². The van der Waals surface area contributed by atoms with Crippen molar-refractivity contribution in [2.45, 2.75) is 179 Å². The van der Waals surface area contributed by atoms with Crippen molar-refractivity contribution in [2.75, 3.05) is 52.6 Å². The van der Waals surface area contributed by atoms with E-state index in [2.05, 4.69) is 26.6 Å². The molecular weight excluding hydrogens is 853 g/mol. The minimum Gasteiger partial charge on any atom is -0.388 e. The first-order chi connectivity index (χ1) is 31.4. The fourth-order valence-electron chi connectivity index (χ4n) is 7.24. The summed E-state index contributed by atoms with van der Waals surface area (Å²) < 4.78 is 21.7. The molecular formula is C44H74N6O15. The number of amides is 7. The van der Waals surface area contributed by atoms with E-state index < -0.39 is 48.6 Å². The molecule has 3 heterocycles. The van der Waals surface area contributed by atoms with Crippen molar-refractivity contribution in [3.8, 4) is 0 Å². The molecule has 0 aromatic heterocycles. The van der Waals surface area contributed by atoms with Gasteiger partial charge in [-0.05, 0) is 83.5 Å². The summed E-state index contributed by atoms with van der Waals surface area (Å²) in [5.41, 5.74) is 0. The fourth-order valence-corrected chi connectivity index (χ4v) is 7.24. The SMILES string of the molecule is O=C(CCCCC(=O)NCCOC1OCCCC1O)NCCCCC(NC(=O)CCCCCCC(=O)ON1C(=O)CCC1=O)C(=O)NCCCCCC(=O)NCCOC1OCCCC1O. The van der Waals surface area contributed by atoms with Crippen molar-refractivity contribution >= 4 is 47.3 Å². The third-order valence-electron chi connectivity index (χ3n) is 11.0. The van der Waals surface area contributed by atoms with Gasteiger partial charge in [-0.25, -0.2) is 4.79 Å². The van der Waals surface area contributed by atoms with Crippen LogP contribution in [-0.4, -0.2) is 146 Å². The summed E-state index contributed by atoms with van der Waals surface area (Å²) in [6.45, 7) is 2.86. The van der Waals surface area contributed by atoms with Crippen LogP contribution in [0.15, 0.2) is 0 Å². The van der Waals surface area contributed by atoms with Crippen LogP contribution >= 0.6 is 0 Å². The van der Waals surface area contributed by atoms with Crippen LogP contribution in [0.3, 0.4) is 0 Å². The molecule has 5 atom stereocenters. The molecule has 3 fully saturated rings. The standard InChI is InChI=1S/C44H74N6O15/c51-33-15-12-28-61-43(33)63-30-26-46-36(54)17-5-3-10-25-48-42(60)32(49-38(56)20-4-1-2-6-21-41(59)65-50-39(57)22-23-40(50)58)14-9-11-24-45-35(53)18-7-8-19-37(55)47-27-31-64-44-34(52)16-13-29-62-44/h32-34,43-44,51-52H,1-31H2,(H,45,53)(H,46,54)(H,47,55)(H,48,60)(H,49,56). The fraction of sp³-hybridized carbons (Fsp3) is 0.818. The summed E-state index contributed by atoms with van der Waals surface area (Å²) in [6.07, 6.45) is 7.94. The number of hydroxylamine groups is 2. The molecule has 7 N–H and O–H groups in total. The molecule has 3 aliphatic heterocycles. The van der Waals surface area contributed by atoms with Crippen LogP contribution < -0.4 is 26.6 Å². The Morgan fingerprint density at radius 1 is 0.569 bits per heavy atom. The first-order valence-corrected chi connectivity index (χ1v) is 23.7. The van der Waals surface area contributed by atoms with E-state index in [1.165, 1.54) is 0 Å². The maximum Gasteiger partial charge on any atom is 0.333 e. The number of nitrogens with one attached hydrogen (secondary N) is 5. The normalized spacial score (nSPS) is 20.2. The smallest absolute Gasteiger partial charge is 0.333 e. The van der Waals surface area contributed by atoms with Crippen LogP contribution in [0.5, 0.6) is 0 Å². The van der Waals surface area contributed by atoms with Gasteiger partial charge < -0.3 is 60.6 Å². The molecule has 0 aliphatic carbocycles. The lowest BCUT2D eigenvalue weighted by Crippen LogP contribution is -2.47. The average molecular weight is 927 g/mol. The van der Waals surface area contributed by atoms with Crippen molar-refractivity contribution in [1.82, 2.24) is 31.6 Å². The Morgan fingerprint density at radius 3 is 1.55 bits per heavy atom. The van der Waals surface area contributed by atoms with Crippen LogP contribution in [0, 0.1) is 0 Å². The van der Waals surface area contributed by atoms with E-state index in [0.29, 0.717) is 141 Å². The molecule has 3 rings (SSSR count). The van der Waals surface area contributed by atoms with Gasteiger partial charge >= 0.3 is 5.97 Å². The van der Waals surface area contributed by atoms with E-state index >= 15 is 0 Å². The second-order valence-corrected chi connectivity index (χ2v) is 16.6. The van der Waals surface area contributed by atoms with Crippen molar-refractivity contribution < 1.29 is 72.4 Å². The molecule has 0 aromatic carbocycles. The predicted octanol–water partition coefficient (Wildman–Crippen LogP) is 1.20. The average Bonchev–Trinajstić information content (AvgIpc) is 3.60. The Bertz CT molecular complexity index is 1470. The number of hydrogen-bond donors (Lipinski definition) is 7. The van der Waals surface area contributed by atoms with Crippen molar-refractivity contribution in [2.24, 2.45) is 0 Å². The van der Waals surface area contributed by atoms with Crippen molar-refractivity contribution in [3.63, 3.8) is 0 Å². The number of ether oxygens (including phenoxy) is 4. The van der Waals surface area contributed by atoms with Crippen molar-refractivity contribution in [3.05, 3.63) is 0 Å². The van der Waals surface area contributed by atoms with Gasteiger partial charge in [0.15, 0.2) is 12.6 Å². The summed E-state index contributed by atoms with van der Waals surface area (Å²) in [5, 5.41) is 34.4. The number of imide groups is 1. The highest BCUT2D eigenvalue weighted by atomic mass is 16.7. The summed E-state index contributed by atoms with van der Waals surface area (Å²) in [4.78, 5) is 103. The minimum absolute atomic E-state index is 0.0230. The van der Waals surface area contributed by atoms with Crippen LogP contribution in [0.2, 0.25) is 0 Å². The van der Waals surface area contributed by atoms with Gasteiger partial charge in [-0.2, -0.15) is 0 Å². The van der Waals surface area contributed by atoms with Gasteiger partial charge in [-0.1, -0.05) is 19.3 Å². The summed E-state index contributed by atoms with van der Waals surface area (Å²) >= 11 is 0. The Hall–Kier alpha value is -4.28. The molecule has 0 saturated carbocycles. The Balaban J connectivity index is 1.28. The zero-order chi connectivity index (χ0) is 47.1. The number of aliphatic hydroxyl groups excluding tert-OH is 2.